The van der Waals surface area contributed by atoms with Gasteiger partial charge in [-0.05, 0) is 38.5 Å². The van der Waals surface area contributed by atoms with Crippen LogP contribution in [0.5, 0.6) is 11.5 Å². The van der Waals surface area contributed by atoms with Gasteiger partial charge < -0.3 is 19.7 Å². The van der Waals surface area contributed by atoms with Crippen molar-refractivity contribution in [1.82, 2.24) is 4.90 Å². The number of carbonyl (C=O) groups is 2. The Kier molecular flexibility index (Phi) is 7.04. The number of hydrogen-bond acceptors (Lipinski definition) is 4. The van der Waals surface area contributed by atoms with Crippen LogP contribution < -0.4 is 14.8 Å². The standard InChI is InChI=1S/C22H28N2O4/c1-6-24(15-16-10-8-7-9-11-16)21(26)22(2,3)20(25)23-17-12-13-18(27-4)19(14-17)28-5/h7-14H,6,15H2,1-5H3,(H,23,25). The van der Waals surface area contributed by atoms with E-state index in [0.29, 0.717) is 30.3 Å². The largest absolute Gasteiger partial charge is 0.493 e. The maximum absolute atomic E-state index is 13.1. The number of amides is 2. The molecule has 0 aliphatic rings. The molecule has 28 heavy (non-hydrogen) atoms. The third-order valence-corrected chi connectivity index (χ3v) is 4.63. The normalized spacial score (nSPS) is 10.9. The molecule has 2 aromatic carbocycles. The molecule has 2 aromatic rings. The van der Waals surface area contributed by atoms with E-state index in [2.05, 4.69) is 5.32 Å². The first-order chi connectivity index (χ1) is 13.3. The highest BCUT2D eigenvalue weighted by atomic mass is 16.5. The van der Waals surface area contributed by atoms with Gasteiger partial charge in [-0.3, -0.25) is 9.59 Å². The SMILES string of the molecule is CCN(Cc1ccccc1)C(=O)C(C)(C)C(=O)Nc1ccc(OC)c(OC)c1. The van der Waals surface area contributed by atoms with Gasteiger partial charge in [0, 0.05) is 24.8 Å². The first-order valence-electron chi connectivity index (χ1n) is 9.20. The zero-order valence-corrected chi connectivity index (χ0v) is 17.1. The molecule has 6 nitrogen and oxygen atoms in total. The first kappa shape index (κ1) is 21.3. The molecule has 0 aliphatic heterocycles. The minimum Gasteiger partial charge on any atom is -0.493 e. The summed E-state index contributed by atoms with van der Waals surface area (Å²) in [6.45, 7) is 6.16. The van der Waals surface area contributed by atoms with E-state index >= 15 is 0 Å². The summed E-state index contributed by atoms with van der Waals surface area (Å²) in [5.74, 6) is 0.465. The fourth-order valence-electron chi connectivity index (χ4n) is 2.82. The quantitative estimate of drug-likeness (QED) is 0.705. The van der Waals surface area contributed by atoms with Crippen LogP contribution in [0.3, 0.4) is 0 Å². The fourth-order valence-corrected chi connectivity index (χ4v) is 2.82. The van der Waals surface area contributed by atoms with Crippen molar-refractivity contribution in [3.63, 3.8) is 0 Å². The number of ether oxygens (including phenoxy) is 2. The number of rotatable bonds is 8. The smallest absolute Gasteiger partial charge is 0.239 e. The molecule has 0 aromatic heterocycles. The fraction of sp³-hybridized carbons (Fsp3) is 0.364. The Balaban J connectivity index is 2.15. The minimum absolute atomic E-state index is 0.225. The van der Waals surface area contributed by atoms with Gasteiger partial charge >= 0.3 is 0 Å². The Bertz CT molecular complexity index is 819. The van der Waals surface area contributed by atoms with E-state index < -0.39 is 5.41 Å². The Morgan fingerprint density at radius 1 is 1.00 bits per heavy atom. The van der Waals surface area contributed by atoms with Crippen LogP contribution in [0.15, 0.2) is 48.5 Å². The summed E-state index contributed by atoms with van der Waals surface area (Å²) in [5.41, 5.74) is 0.334. The van der Waals surface area contributed by atoms with Gasteiger partial charge in [0.05, 0.1) is 14.2 Å². The molecular formula is C22H28N2O4. The molecule has 0 unspecified atom stereocenters. The van der Waals surface area contributed by atoms with Crippen LogP contribution in [0.1, 0.15) is 26.3 Å². The number of carbonyl (C=O) groups excluding carboxylic acids is 2. The summed E-state index contributed by atoms with van der Waals surface area (Å²) in [6, 6.07) is 14.8. The first-order valence-corrected chi connectivity index (χ1v) is 9.20. The van der Waals surface area contributed by atoms with Crippen LogP contribution in [-0.4, -0.2) is 37.5 Å². The predicted octanol–water partition coefficient (Wildman–Crippen LogP) is 3.72. The van der Waals surface area contributed by atoms with Crippen molar-refractivity contribution >= 4 is 17.5 Å². The Morgan fingerprint density at radius 2 is 1.64 bits per heavy atom. The molecule has 0 spiro atoms. The lowest BCUT2D eigenvalue weighted by Crippen LogP contribution is -2.47. The number of anilines is 1. The summed E-state index contributed by atoms with van der Waals surface area (Å²) in [6.07, 6.45) is 0. The van der Waals surface area contributed by atoms with E-state index in [1.165, 1.54) is 7.11 Å². The topological polar surface area (TPSA) is 67.9 Å². The number of benzene rings is 2. The van der Waals surface area contributed by atoms with Gasteiger partial charge in [0.25, 0.3) is 0 Å². The van der Waals surface area contributed by atoms with E-state index in [1.807, 2.05) is 37.3 Å². The highest BCUT2D eigenvalue weighted by Crippen LogP contribution is 2.31. The van der Waals surface area contributed by atoms with Crippen molar-refractivity contribution in [2.45, 2.75) is 27.3 Å². The van der Waals surface area contributed by atoms with Crippen molar-refractivity contribution in [1.29, 1.82) is 0 Å². The summed E-state index contributed by atoms with van der Waals surface area (Å²) in [4.78, 5) is 27.6. The van der Waals surface area contributed by atoms with Crippen LogP contribution in [0, 0.1) is 5.41 Å². The van der Waals surface area contributed by atoms with E-state index in [0.717, 1.165) is 5.56 Å². The molecule has 0 atom stereocenters. The lowest BCUT2D eigenvalue weighted by Gasteiger charge is -2.30. The van der Waals surface area contributed by atoms with Gasteiger partial charge in [0.1, 0.15) is 5.41 Å². The second kappa shape index (κ2) is 9.26. The van der Waals surface area contributed by atoms with Crippen LogP contribution in [0.2, 0.25) is 0 Å². The lowest BCUT2D eigenvalue weighted by atomic mass is 9.89. The number of methoxy groups -OCH3 is 2. The second-order valence-corrected chi connectivity index (χ2v) is 6.95. The molecule has 6 heteroatoms. The summed E-state index contributed by atoms with van der Waals surface area (Å²) < 4.78 is 10.5. The van der Waals surface area contributed by atoms with Gasteiger partial charge in [0.15, 0.2) is 11.5 Å². The average molecular weight is 384 g/mol. The molecule has 0 fully saturated rings. The van der Waals surface area contributed by atoms with Crippen molar-refractivity contribution in [3.05, 3.63) is 54.1 Å². The van der Waals surface area contributed by atoms with Gasteiger partial charge in [-0.25, -0.2) is 0 Å². The van der Waals surface area contributed by atoms with Gasteiger partial charge in [-0.1, -0.05) is 30.3 Å². The van der Waals surface area contributed by atoms with Gasteiger partial charge in [0.2, 0.25) is 11.8 Å². The number of hydrogen-bond donors (Lipinski definition) is 1. The van der Waals surface area contributed by atoms with Crippen LogP contribution in [0.4, 0.5) is 5.69 Å². The molecule has 150 valence electrons. The van der Waals surface area contributed by atoms with E-state index in [4.69, 9.17) is 9.47 Å². The highest BCUT2D eigenvalue weighted by Gasteiger charge is 2.39. The third kappa shape index (κ3) is 4.82. The van der Waals surface area contributed by atoms with Crippen molar-refractivity contribution in [2.75, 3.05) is 26.1 Å². The summed E-state index contributed by atoms with van der Waals surface area (Å²) in [7, 11) is 3.07. The summed E-state index contributed by atoms with van der Waals surface area (Å²) >= 11 is 0. The molecule has 2 amide bonds. The zero-order valence-electron chi connectivity index (χ0n) is 17.1. The molecule has 2 rings (SSSR count). The van der Waals surface area contributed by atoms with E-state index in [-0.39, 0.29) is 11.8 Å². The zero-order chi connectivity index (χ0) is 20.7. The Hall–Kier alpha value is -3.02. The molecule has 0 bridgehead atoms. The maximum Gasteiger partial charge on any atom is 0.239 e. The third-order valence-electron chi connectivity index (χ3n) is 4.63. The Morgan fingerprint density at radius 3 is 2.21 bits per heavy atom. The molecule has 0 radical (unpaired) electrons. The molecule has 0 saturated carbocycles. The molecule has 0 saturated heterocycles. The predicted molar refractivity (Wildman–Crippen MR) is 109 cm³/mol. The molecular weight excluding hydrogens is 356 g/mol. The highest BCUT2D eigenvalue weighted by molar-refractivity contribution is 6.09. The monoisotopic (exact) mass is 384 g/mol. The molecule has 0 aliphatic carbocycles. The van der Waals surface area contributed by atoms with Crippen LogP contribution in [0.25, 0.3) is 0 Å². The van der Waals surface area contributed by atoms with Crippen LogP contribution >= 0.6 is 0 Å². The van der Waals surface area contributed by atoms with Crippen LogP contribution in [-0.2, 0) is 16.1 Å². The van der Waals surface area contributed by atoms with Gasteiger partial charge in [-0.15, -0.1) is 0 Å². The second-order valence-electron chi connectivity index (χ2n) is 6.95. The average Bonchev–Trinajstić information content (AvgIpc) is 2.71. The number of nitrogens with one attached hydrogen (secondary N) is 1. The van der Waals surface area contributed by atoms with Crippen molar-refractivity contribution in [2.24, 2.45) is 5.41 Å². The van der Waals surface area contributed by atoms with Gasteiger partial charge in [-0.2, -0.15) is 0 Å². The van der Waals surface area contributed by atoms with E-state index in [9.17, 15) is 9.59 Å². The van der Waals surface area contributed by atoms with E-state index in [1.54, 1.807) is 44.1 Å². The number of nitrogens with zero attached hydrogens (tertiary/aromatic N) is 1. The van der Waals surface area contributed by atoms with Crippen molar-refractivity contribution < 1.29 is 19.1 Å². The Labute approximate surface area is 166 Å². The molecule has 0 heterocycles. The van der Waals surface area contributed by atoms with Crippen molar-refractivity contribution in [3.8, 4) is 11.5 Å². The maximum atomic E-state index is 13.1. The minimum atomic E-state index is -1.22. The summed E-state index contributed by atoms with van der Waals surface area (Å²) in [5, 5.41) is 2.81. The lowest BCUT2D eigenvalue weighted by molar-refractivity contribution is -0.146. The molecule has 1 N–H and O–H groups in total.